The lowest BCUT2D eigenvalue weighted by atomic mass is 10.1. The van der Waals surface area contributed by atoms with Crippen LogP contribution in [0.4, 0.5) is 11.4 Å². The normalized spacial score (nSPS) is 11.9. The van der Waals surface area contributed by atoms with Crippen LogP contribution in [-0.2, 0) is 4.79 Å². The lowest BCUT2D eigenvalue weighted by molar-refractivity contribution is -0.384. The Kier molecular flexibility index (Phi) is 4.03. The number of nitro groups is 1. The van der Waals surface area contributed by atoms with Crippen molar-refractivity contribution in [2.45, 2.75) is 26.3 Å². The van der Waals surface area contributed by atoms with E-state index in [1.165, 1.54) is 6.07 Å². The maximum Gasteiger partial charge on any atom is 0.292 e. The number of amides is 1. The van der Waals surface area contributed by atoms with Gasteiger partial charge in [-0.2, -0.15) is 0 Å². The molecule has 1 atom stereocenters. The van der Waals surface area contributed by atoms with Gasteiger partial charge in [0.2, 0.25) is 5.91 Å². The first-order chi connectivity index (χ1) is 7.90. The van der Waals surface area contributed by atoms with Gasteiger partial charge in [0.25, 0.3) is 5.69 Å². The summed E-state index contributed by atoms with van der Waals surface area (Å²) in [7, 11) is 0. The third-order valence-corrected chi connectivity index (χ3v) is 2.26. The van der Waals surface area contributed by atoms with Crippen molar-refractivity contribution in [1.29, 1.82) is 0 Å². The molecule has 0 aliphatic rings. The van der Waals surface area contributed by atoms with E-state index in [1.54, 1.807) is 19.1 Å². The molecule has 1 rings (SSSR count). The summed E-state index contributed by atoms with van der Waals surface area (Å²) in [6.45, 7) is 3.59. The molecule has 0 bridgehead atoms. The summed E-state index contributed by atoms with van der Waals surface area (Å²) >= 11 is 0. The first kappa shape index (κ1) is 13.0. The van der Waals surface area contributed by atoms with Crippen molar-refractivity contribution in [2.24, 2.45) is 5.73 Å². The maximum atomic E-state index is 10.8. The molecule has 0 radical (unpaired) electrons. The standard InChI is InChI=1S/C11H15N3O3/c1-7-3-4-10(14(16)17)9(5-7)13-8(2)6-11(12)15/h3-5,8,13H,6H2,1-2H3,(H2,12,15). The van der Waals surface area contributed by atoms with Crippen molar-refractivity contribution in [1.82, 2.24) is 0 Å². The molecule has 1 amide bonds. The Hall–Kier alpha value is -2.11. The van der Waals surface area contributed by atoms with E-state index < -0.39 is 10.8 Å². The minimum atomic E-state index is -0.460. The van der Waals surface area contributed by atoms with Crippen LogP contribution in [0.25, 0.3) is 0 Å². The molecule has 1 unspecified atom stereocenters. The van der Waals surface area contributed by atoms with Gasteiger partial charge in [0.05, 0.1) is 4.92 Å². The predicted molar refractivity (Wildman–Crippen MR) is 64.7 cm³/mol. The highest BCUT2D eigenvalue weighted by atomic mass is 16.6. The number of primary amides is 1. The van der Waals surface area contributed by atoms with Gasteiger partial charge in [-0.3, -0.25) is 14.9 Å². The molecule has 0 aliphatic carbocycles. The van der Waals surface area contributed by atoms with Crippen molar-refractivity contribution in [3.63, 3.8) is 0 Å². The number of carbonyl (C=O) groups is 1. The second-order valence-electron chi connectivity index (χ2n) is 3.99. The van der Waals surface area contributed by atoms with E-state index >= 15 is 0 Å². The van der Waals surface area contributed by atoms with Crippen molar-refractivity contribution < 1.29 is 9.72 Å². The summed E-state index contributed by atoms with van der Waals surface area (Å²) in [6, 6.07) is 4.54. The molecule has 17 heavy (non-hydrogen) atoms. The first-order valence-corrected chi connectivity index (χ1v) is 5.20. The molecule has 0 saturated carbocycles. The average Bonchev–Trinajstić information content (AvgIpc) is 2.15. The molecule has 0 heterocycles. The van der Waals surface area contributed by atoms with Crippen molar-refractivity contribution in [3.8, 4) is 0 Å². The number of nitrogens with one attached hydrogen (secondary N) is 1. The molecule has 92 valence electrons. The van der Waals surface area contributed by atoms with Crippen LogP contribution in [0.5, 0.6) is 0 Å². The van der Waals surface area contributed by atoms with Crippen LogP contribution >= 0.6 is 0 Å². The van der Waals surface area contributed by atoms with Crippen LogP contribution in [0.1, 0.15) is 18.9 Å². The number of nitro benzene ring substituents is 1. The Bertz CT molecular complexity index is 446. The molecular weight excluding hydrogens is 222 g/mol. The van der Waals surface area contributed by atoms with Crippen LogP contribution in [0.15, 0.2) is 18.2 Å². The Balaban J connectivity index is 2.92. The molecular formula is C11H15N3O3. The summed E-state index contributed by atoms with van der Waals surface area (Å²) in [4.78, 5) is 21.1. The number of anilines is 1. The number of hydrogen-bond acceptors (Lipinski definition) is 4. The molecule has 1 aromatic carbocycles. The molecule has 6 heteroatoms. The summed E-state index contributed by atoms with van der Waals surface area (Å²) < 4.78 is 0. The van der Waals surface area contributed by atoms with Crippen molar-refractivity contribution in [3.05, 3.63) is 33.9 Å². The van der Waals surface area contributed by atoms with Crippen LogP contribution in [0, 0.1) is 17.0 Å². The van der Waals surface area contributed by atoms with Gasteiger partial charge < -0.3 is 11.1 Å². The lowest BCUT2D eigenvalue weighted by Gasteiger charge is -2.13. The largest absolute Gasteiger partial charge is 0.377 e. The number of nitrogens with two attached hydrogens (primary N) is 1. The van der Waals surface area contributed by atoms with E-state index in [4.69, 9.17) is 5.73 Å². The zero-order valence-corrected chi connectivity index (χ0v) is 9.77. The molecule has 0 aliphatic heterocycles. The van der Waals surface area contributed by atoms with Gasteiger partial charge in [0.15, 0.2) is 0 Å². The Morgan fingerprint density at radius 2 is 2.24 bits per heavy atom. The van der Waals surface area contributed by atoms with Gasteiger partial charge in [0, 0.05) is 18.5 Å². The topological polar surface area (TPSA) is 98.3 Å². The number of benzene rings is 1. The minimum absolute atomic E-state index is 0.00748. The van der Waals surface area contributed by atoms with Gasteiger partial charge in [-0.15, -0.1) is 0 Å². The fourth-order valence-electron chi connectivity index (χ4n) is 1.54. The van der Waals surface area contributed by atoms with E-state index in [1.807, 2.05) is 6.92 Å². The molecule has 0 spiro atoms. The molecule has 0 fully saturated rings. The fourth-order valence-corrected chi connectivity index (χ4v) is 1.54. The van der Waals surface area contributed by atoms with Crippen LogP contribution in [0.3, 0.4) is 0 Å². The van der Waals surface area contributed by atoms with Gasteiger partial charge in [-0.25, -0.2) is 0 Å². The summed E-state index contributed by atoms with van der Waals surface area (Å²) in [6.07, 6.45) is 0.130. The number of carbonyl (C=O) groups excluding carboxylic acids is 1. The summed E-state index contributed by atoms with van der Waals surface area (Å²) in [5, 5.41) is 13.7. The van der Waals surface area contributed by atoms with Crippen LogP contribution in [0.2, 0.25) is 0 Å². The van der Waals surface area contributed by atoms with E-state index in [0.717, 1.165) is 5.56 Å². The van der Waals surface area contributed by atoms with E-state index in [9.17, 15) is 14.9 Å². The van der Waals surface area contributed by atoms with Crippen LogP contribution in [-0.4, -0.2) is 16.9 Å². The van der Waals surface area contributed by atoms with Crippen molar-refractivity contribution in [2.75, 3.05) is 5.32 Å². The number of hydrogen-bond donors (Lipinski definition) is 2. The quantitative estimate of drug-likeness (QED) is 0.600. The highest BCUT2D eigenvalue weighted by Gasteiger charge is 2.15. The molecule has 1 aromatic rings. The van der Waals surface area contributed by atoms with Crippen LogP contribution < -0.4 is 11.1 Å². The predicted octanol–water partition coefficient (Wildman–Crippen LogP) is 1.58. The Labute approximate surface area is 99.0 Å². The highest BCUT2D eigenvalue weighted by Crippen LogP contribution is 2.26. The van der Waals surface area contributed by atoms with Gasteiger partial charge in [-0.05, 0) is 25.5 Å². The second-order valence-corrected chi connectivity index (χ2v) is 3.99. The minimum Gasteiger partial charge on any atom is -0.377 e. The molecule has 3 N–H and O–H groups in total. The van der Waals surface area contributed by atoms with E-state index in [0.29, 0.717) is 5.69 Å². The molecule has 6 nitrogen and oxygen atoms in total. The average molecular weight is 237 g/mol. The molecule has 0 aromatic heterocycles. The third kappa shape index (κ3) is 3.75. The maximum absolute atomic E-state index is 10.8. The monoisotopic (exact) mass is 237 g/mol. The molecule has 0 saturated heterocycles. The summed E-state index contributed by atoms with van der Waals surface area (Å²) in [5.41, 5.74) is 6.37. The highest BCUT2D eigenvalue weighted by molar-refractivity contribution is 5.75. The lowest BCUT2D eigenvalue weighted by Crippen LogP contribution is -2.24. The smallest absolute Gasteiger partial charge is 0.292 e. The Morgan fingerprint density at radius 3 is 2.76 bits per heavy atom. The number of rotatable bonds is 5. The fraction of sp³-hybridized carbons (Fsp3) is 0.364. The number of aryl methyl sites for hydroxylation is 1. The Morgan fingerprint density at radius 1 is 1.59 bits per heavy atom. The summed E-state index contributed by atoms with van der Waals surface area (Å²) in [5.74, 6) is -0.444. The zero-order chi connectivity index (χ0) is 13.0. The van der Waals surface area contributed by atoms with Gasteiger partial charge in [-0.1, -0.05) is 6.07 Å². The SMILES string of the molecule is Cc1ccc([N+](=O)[O-])c(NC(C)CC(N)=O)c1. The third-order valence-electron chi connectivity index (χ3n) is 2.26. The van der Waals surface area contributed by atoms with E-state index in [-0.39, 0.29) is 18.2 Å². The van der Waals surface area contributed by atoms with Crippen molar-refractivity contribution >= 4 is 17.3 Å². The number of nitrogens with zero attached hydrogens (tertiary/aromatic N) is 1. The van der Waals surface area contributed by atoms with E-state index in [2.05, 4.69) is 5.32 Å². The first-order valence-electron chi connectivity index (χ1n) is 5.20. The van der Waals surface area contributed by atoms with Gasteiger partial charge in [0.1, 0.15) is 5.69 Å². The second kappa shape index (κ2) is 5.29. The zero-order valence-electron chi connectivity index (χ0n) is 9.77. The van der Waals surface area contributed by atoms with Gasteiger partial charge >= 0.3 is 0 Å².